The second-order valence-electron chi connectivity index (χ2n) is 3.71. The molecule has 3 rings (SSSR count). The van der Waals surface area contributed by atoms with Crippen LogP contribution in [0.4, 0.5) is 5.00 Å². The Morgan fingerprint density at radius 3 is 2.50 bits per heavy atom. The lowest BCUT2D eigenvalue weighted by Crippen LogP contribution is -1.86. The minimum Gasteiger partial charge on any atom is -0.389 e. The Kier molecular flexibility index (Phi) is 2.74. The monoisotopic (exact) mass is 254 g/mol. The summed E-state index contributed by atoms with van der Waals surface area (Å²) in [6.07, 6.45) is 6.99. The Labute approximate surface area is 108 Å². The van der Waals surface area contributed by atoms with E-state index in [1.165, 1.54) is 11.3 Å². The Hall–Kier alpha value is -2.27. The van der Waals surface area contributed by atoms with Gasteiger partial charge >= 0.3 is 0 Å². The number of rotatable bonds is 2. The number of pyridine rings is 2. The molecule has 0 atom stereocenters. The molecular formula is C13H10N4S. The van der Waals surface area contributed by atoms with Crippen LogP contribution < -0.4 is 5.73 Å². The Morgan fingerprint density at radius 2 is 1.78 bits per heavy atom. The lowest BCUT2D eigenvalue weighted by molar-refractivity contribution is 1.30. The molecule has 3 aromatic rings. The molecule has 5 heteroatoms. The van der Waals surface area contributed by atoms with Crippen LogP contribution in [0.2, 0.25) is 0 Å². The quantitative estimate of drug-likeness (QED) is 0.763. The van der Waals surface area contributed by atoms with Crippen molar-refractivity contribution < 1.29 is 0 Å². The maximum absolute atomic E-state index is 6.02. The van der Waals surface area contributed by atoms with E-state index in [1.54, 1.807) is 24.8 Å². The highest BCUT2D eigenvalue weighted by Crippen LogP contribution is 2.35. The smallest absolute Gasteiger partial charge is 0.126 e. The molecule has 0 unspecified atom stereocenters. The third-order valence-corrected chi connectivity index (χ3v) is 3.45. The highest BCUT2D eigenvalue weighted by atomic mass is 32.1. The Balaban J connectivity index is 2.07. The van der Waals surface area contributed by atoms with Gasteiger partial charge in [0.2, 0.25) is 0 Å². The Bertz CT molecular complexity index is 649. The van der Waals surface area contributed by atoms with Crippen LogP contribution in [0.25, 0.3) is 21.8 Å². The van der Waals surface area contributed by atoms with Gasteiger partial charge in [-0.15, -0.1) is 0 Å². The van der Waals surface area contributed by atoms with Crippen LogP contribution >= 0.6 is 11.3 Å². The van der Waals surface area contributed by atoms with E-state index in [1.807, 2.05) is 24.3 Å². The molecule has 3 aromatic heterocycles. The van der Waals surface area contributed by atoms with E-state index in [2.05, 4.69) is 15.0 Å². The van der Waals surface area contributed by atoms with Crippen molar-refractivity contribution in [3.05, 3.63) is 49.1 Å². The summed E-state index contributed by atoms with van der Waals surface area (Å²) in [6.45, 7) is 0. The summed E-state index contributed by atoms with van der Waals surface area (Å²) < 4.78 is 0. The average molecular weight is 254 g/mol. The molecule has 0 fully saturated rings. The number of nitrogens with two attached hydrogens (primary N) is 1. The minimum absolute atomic E-state index is 0.704. The van der Waals surface area contributed by atoms with Gasteiger partial charge in [-0.25, -0.2) is 4.98 Å². The zero-order valence-electron chi connectivity index (χ0n) is 9.45. The first-order chi connectivity index (χ1) is 8.84. The fourth-order valence-electron chi connectivity index (χ4n) is 1.66. The van der Waals surface area contributed by atoms with Crippen LogP contribution in [0.5, 0.6) is 0 Å². The van der Waals surface area contributed by atoms with Crippen LogP contribution in [0.15, 0.2) is 49.1 Å². The van der Waals surface area contributed by atoms with Gasteiger partial charge in [0.1, 0.15) is 15.7 Å². The van der Waals surface area contributed by atoms with Crippen LogP contribution in [-0.2, 0) is 0 Å². The van der Waals surface area contributed by atoms with E-state index in [9.17, 15) is 0 Å². The second-order valence-corrected chi connectivity index (χ2v) is 4.74. The van der Waals surface area contributed by atoms with E-state index in [0.29, 0.717) is 5.00 Å². The van der Waals surface area contributed by atoms with E-state index in [0.717, 1.165) is 21.8 Å². The highest BCUT2D eigenvalue weighted by molar-refractivity contribution is 7.19. The van der Waals surface area contributed by atoms with Crippen molar-refractivity contribution in [2.45, 2.75) is 0 Å². The first kappa shape index (κ1) is 10.9. The van der Waals surface area contributed by atoms with Crippen molar-refractivity contribution in [3.63, 3.8) is 0 Å². The first-order valence-electron chi connectivity index (χ1n) is 5.41. The molecule has 88 valence electrons. The molecule has 3 heterocycles. The maximum atomic E-state index is 6.02. The minimum atomic E-state index is 0.704. The number of nitrogen functional groups attached to an aromatic ring is 1. The standard InChI is InChI=1S/C13H10N4S/c14-12-11(10-2-1-5-16-8-10)17-13(18-12)9-3-6-15-7-4-9/h1-8H,14H2. The number of thiazole rings is 1. The number of hydrogen-bond acceptors (Lipinski definition) is 5. The predicted octanol–water partition coefficient (Wildman–Crippen LogP) is 2.85. The van der Waals surface area contributed by atoms with Crippen molar-refractivity contribution >= 4 is 16.3 Å². The first-order valence-corrected chi connectivity index (χ1v) is 6.23. The van der Waals surface area contributed by atoms with Crippen molar-refractivity contribution in [1.29, 1.82) is 0 Å². The second kappa shape index (κ2) is 4.54. The van der Waals surface area contributed by atoms with Crippen molar-refractivity contribution in [2.75, 3.05) is 5.73 Å². The molecule has 0 aliphatic heterocycles. The zero-order chi connectivity index (χ0) is 12.4. The molecule has 0 aliphatic carbocycles. The molecule has 0 radical (unpaired) electrons. The van der Waals surface area contributed by atoms with Gasteiger partial charge < -0.3 is 5.73 Å². The van der Waals surface area contributed by atoms with E-state index >= 15 is 0 Å². The molecular weight excluding hydrogens is 244 g/mol. The molecule has 0 amide bonds. The molecule has 4 nitrogen and oxygen atoms in total. The third-order valence-electron chi connectivity index (χ3n) is 2.52. The van der Waals surface area contributed by atoms with Crippen LogP contribution in [0, 0.1) is 0 Å². The van der Waals surface area contributed by atoms with Gasteiger partial charge in [0, 0.05) is 35.9 Å². The molecule has 0 bridgehead atoms. The number of anilines is 1. The zero-order valence-corrected chi connectivity index (χ0v) is 10.3. The third kappa shape index (κ3) is 1.96. The lowest BCUT2D eigenvalue weighted by atomic mass is 10.2. The van der Waals surface area contributed by atoms with Gasteiger partial charge in [-0.2, -0.15) is 0 Å². The maximum Gasteiger partial charge on any atom is 0.126 e. The van der Waals surface area contributed by atoms with Gasteiger partial charge in [-0.1, -0.05) is 11.3 Å². The Morgan fingerprint density at radius 1 is 0.944 bits per heavy atom. The summed E-state index contributed by atoms with van der Waals surface area (Å²) in [4.78, 5) is 12.7. The summed E-state index contributed by atoms with van der Waals surface area (Å²) >= 11 is 1.47. The van der Waals surface area contributed by atoms with E-state index in [-0.39, 0.29) is 0 Å². The van der Waals surface area contributed by atoms with Crippen LogP contribution in [-0.4, -0.2) is 15.0 Å². The molecule has 0 aromatic carbocycles. The van der Waals surface area contributed by atoms with Crippen molar-refractivity contribution in [1.82, 2.24) is 15.0 Å². The summed E-state index contributed by atoms with van der Waals surface area (Å²) in [7, 11) is 0. The molecule has 0 spiro atoms. The molecule has 0 aliphatic rings. The summed E-state index contributed by atoms with van der Waals surface area (Å²) in [5.74, 6) is 0. The summed E-state index contributed by atoms with van der Waals surface area (Å²) in [5, 5.41) is 1.60. The van der Waals surface area contributed by atoms with Crippen LogP contribution in [0.1, 0.15) is 0 Å². The highest BCUT2D eigenvalue weighted by Gasteiger charge is 2.11. The lowest BCUT2D eigenvalue weighted by Gasteiger charge is -1.96. The van der Waals surface area contributed by atoms with Crippen molar-refractivity contribution in [3.8, 4) is 21.8 Å². The topological polar surface area (TPSA) is 64.7 Å². The van der Waals surface area contributed by atoms with Crippen molar-refractivity contribution in [2.24, 2.45) is 0 Å². The van der Waals surface area contributed by atoms with Gasteiger partial charge in [-0.05, 0) is 24.3 Å². The van der Waals surface area contributed by atoms with Gasteiger partial charge in [0.15, 0.2) is 0 Å². The number of aromatic nitrogens is 3. The van der Waals surface area contributed by atoms with Crippen LogP contribution in [0.3, 0.4) is 0 Å². The number of hydrogen-bond donors (Lipinski definition) is 1. The predicted molar refractivity (Wildman–Crippen MR) is 73.0 cm³/mol. The van der Waals surface area contributed by atoms with E-state index in [4.69, 9.17) is 5.73 Å². The van der Waals surface area contributed by atoms with Gasteiger partial charge in [-0.3, -0.25) is 9.97 Å². The summed E-state index contributed by atoms with van der Waals surface area (Å²) in [6, 6.07) is 7.67. The largest absolute Gasteiger partial charge is 0.389 e. The number of nitrogens with zero attached hydrogens (tertiary/aromatic N) is 3. The SMILES string of the molecule is Nc1sc(-c2ccncc2)nc1-c1cccnc1. The fraction of sp³-hybridized carbons (Fsp3) is 0. The summed E-state index contributed by atoms with van der Waals surface area (Å²) in [5.41, 5.74) is 8.78. The normalized spacial score (nSPS) is 10.4. The molecule has 0 saturated heterocycles. The van der Waals surface area contributed by atoms with Gasteiger partial charge in [0.25, 0.3) is 0 Å². The van der Waals surface area contributed by atoms with Gasteiger partial charge in [0.05, 0.1) is 0 Å². The molecule has 18 heavy (non-hydrogen) atoms. The molecule has 0 saturated carbocycles. The molecule has 2 N–H and O–H groups in total. The fourth-order valence-corrected chi connectivity index (χ4v) is 2.52. The van der Waals surface area contributed by atoms with E-state index < -0.39 is 0 Å². The average Bonchev–Trinajstić information content (AvgIpc) is 2.83.